The average molecular weight is 453 g/mol. The number of rotatable bonds is 8. The van der Waals surface area contributed by atoms with Crippen molar-refractivity contribution in [2.75, 3.05) is 16.2 Å². The molecule has 7 heteroatoms. The number of hydrogen-bond donors (Lipinski definition) is 2. The molecule has 0 radical (unpaired) electrons. The molecular formula is C25H28N2O4S. The average Bonchev–Trinajstić information content (AvgIpc) is 2.75. The zero-order chi connectivity index (χ0) is 23.5. The van der Waals surface area contributed by atoms with Gasteiger partial charge in [0.2, 0.25) is 0 Å². The van der Waals surface area contributed by atoms with Crippen LogP contribution in [0, 0.1) is 20.8 Å². The minimum atomic E-state index is -3.87. The molecule has 0 atom stereocenters. The quantitative estimate of drug-likeness (QED) is 0.494. The number of anilines is 2. The van der Waals surface area contributed by atoms with Gasteiger partial charge in [0.15, 0.2) is 0 Å². The van der Waals surface area contributed by atoms with E-state index < -0.39 is 16.0 Å². The first kappa shape index (κ1) is 23.3. The predicted molar refractivity (Wildman–Crippen MR) is 128 cm³/mol. The van der Waals surface area contributed by atoms with Crippen LogP contribution in [-0.2, 0) is 16.6 Å². The van der Waals surface area contributed by atoms with Gasteiger partial charge in [0, 0.05) is 18.8 Å². The topological polar surface area (TPSA) is 86.7 Å². The number of hydrogen-bond acceptors (Lipinski definition) is 4. The molecule has 0 fully saturated rings. The molecule has 0 aliphatic carbocycles. The van der Waals surface area contributed by atoms with Gasteiger partial charge in [-0.3, -0.25) is 4.72 Å². The molecular weight excluding hydrogens is 424 g/mol. The Morgan fingerprint density at radius 2 is 1.59 bits per heavy atom. The van der Waals surface area contributed by atoms with E-state index in [-0.39, 0.29) is 16.1 Å². The Morgan fingerprint density at radius 1 is 0.938 bits per heavy atom. The third-order valence-electron chi connectivity index (χ3n) is 5.50. The Morgan fingerprint density at radius 3 is 2.22 bits per heavy atom. The number of carboxylic acids is 1. The lowest BCUT2D eigenvalue weighted by Crippen LogP contribution is -2.24. The summed E-state index contributed by atoms with van der Waals surface area (Å²) in [6.07, 6.45) is 0. The standard InChI is InChI=1S/C25H28N2O4S/c1-5-27(16-20-9-7-6-8-10-20)23-12-11-21(15-22(23)25(28)29)26-32(30,31)24-14-18(3)17(2)13-19(24)4/h6-15,26H,5,16H2,1-4H3,(H,28,29). The van der Waals surface area contributed by atoms with E-state index in [2.05, 4.69) is 4.72 Å². The fourth-order valence-corrected chi connectivity index (χ4v) is 5.01. The second-order valence-electron chi connectivity index (χ2n) is 7.84. The van der Waals surface area contributed by atoms with Crippen LogP contribution in [0.3, 0.4) is 0 Å². The lowest BCUT2D eigenvalue weighted by atomic mass is 10.1. The van der Waals surface area contributed by atoms with Crippen LogP contribution in [0.4, 0.5) is 11.4 Å². The lowest BCUT2D eigenvalue weighted by molar-refractivity contribution is 0.0697. The Balaban J connectivity index is 1.95. The van der Waals surface area contributed by atoms with Crippen molar-refractivity contribution in [1.82, 2.24) is 0 Å². The number of carboxylic acid groups (broad SMARTS) is 1. The molecule has 3 aromatic rings. The number of aryl methyl sites for hydroxylation is 3. The maximum absolute atomic E-state index is 13.0. The van der Waals surface area contributed by atoms with Gasteiger partial charge in [-0.1, -0.05) is 36.4 Å². The van der Waals surface area contributed by atoms with Gasteiger partial charge in [-0.05, 0) is 74.2 Å². The van der Waals surface area contributed by atoms with Crippen molar-refractivity contribution >= 4 is 27.4 Å². The van der Waals surface area contributed by atoms with Crippen LogP contribution in [-0.4, -0.2) is 26.0 Å². The highest BCUT2D eigenvalue weighted by Gasteiger charge is 2.21. The smallest absolute Gasteiger partial charge is 0.337 e. The first-order valence-corrected chi connectivity index (χ1v) is 11.9. The first-order valence-electron chi connectivity index (χ1n) is 10.4. The zero-order valence-electron chi connectivity index (χ0n) is 18.7. The van der Waals surface area contributed by atoms with Gasteiger partial charge in [-0.25, -0.2) is 13.2 Å². The Kier molecular flexibility index (Phi) is 6.89. The van der Waals surface area contributed by atoms with Crippen molar-refractivity contribution in [2.24, 2.45) is 0 Å². The van der Waals surface area contributed by atoms with E-state index in [1.165, 1.54) is 6.07 Å². The Hall–Kier alpha value is -3.32. The second-order valence-corrected chi connectivity index (χ2v) is 9.50. The van der Waals surface area contributed by atoms with Gasteiger partial charge in [-0.15, -0.1) is 0 Å². The van der Waals surface area contributed by atoms with Crippen molar-refractivity contribution in [3.05, 3.63) is 88.5 Å². The van der Waals surface area contributed by atoms with Crippen LogP contribution in [0.1, 0.15) is 39.5 Å². The summed E-state index contributed by atoms with van der Waals surface area (Å²) >= 11 is 0. The number of nitrogens with one attached hydrogen (secondary N) is 1. The van der Waals surface area contributed by atoms with Gasteiger partial charge in [-0.2, -0.15) is 0 Å². The summed E-state index contributed by atoms with van der Waals surface area (Å²) in [5, 5.41) is 9.82. The number of carbonyl (C=O) groups is 1. The van der Waals surface area contributed by atoms with E-state index in [1.54, 1.807) is 25.1 Å². The molecule has 168 valence electrons. The fourth-order valence-electron chi connectivity index (χ4n) is 3.65. The molecule has 32 heavy (non-hydrogen) atoms. The lowest BCUT2D eigenvalue weighted by Gasteiger charge is -2.25. The molecule has 0 aliphatic heterocycles. The molecule has 3 aromatic carbocycles. The fraction of sp³-hybridized carbons (Fsp3) is 0.240. The molecule has 3 rings (SSSR count). The van der Waals surface area contributed by atoms with Crippen molar-refractivity contribution in [3.63, 3.8) is 0 Å². The van der Waals surface area contributed by atoms with Crippen LogP contribution >= 0.6 is 0 Å². The van der Waals surface area contributed by atoms with E-state index in [9.17, 15) is 18.3 Å². The highest BCUT2D eigenvalue weighted by molar-refractivity contribution is 7.92. The maximum Gasteiger partial charge on any atom is 0.337 e. The summed E-state index contributed by atoms with van der Waals surface area (Å²) in [5.74, 6) is -1.12. The maximum atomic E-state index is 13.0. The molecule has 0 saturated heterocycles. The van der Waals surface area contributed by atoms with E-state index in [1.807, 2.05) is 62.1 Å². The number of sulfonamides is 1. The van der Waals surface area contributed by atoms with Crippen molar-refractivity contribution in [3.8, 4) is 0 Å². The van der Waals surface area contributed by atoms with E-state index >= 15 is 0 Å². The molecule has 0 bridgehead atoms. The molecule has 0 heterocycles. The minimum absolute atomic E-state index is 0.0415. The van der Waals surface area contributed by atoms with Gasteiger partial charge in [0.1, 0.15) is 0 Å². The molecule has 0 amide bonds. The van der Waals surface area contributed by atoms with Crippen LogP contribution < -0.4 is 9.62 Å². The summed E-state index contributed by atoms with van der Waals surface area (Å²) in [4.78, 5) is 14.1. The van der Waals surface area contributed by atoms with Crippen LogP contribution in [0.15, 0.2) is 65.6 Å². The molecule has 0 aliphatic rings. The van der Waals surface area contributed by atoms with Crippen LogP contribution in [0.2, 0.25) is 0 Å². The van der Waals surface area contributed by atoms with E-state index in [0.29, 0.717) is 24.3 Å². The normalized spacial score (nSPS) is 11.2. The highest BCUT2D eigenvalue weighted by Crippen LogP contribution is 2.28. The third-order valence-corrected chi connectivity index (χ3v) is 7.02. The third kappa shape index (κ3) is 5.11. The molecule has 0 spiro atoms. The summed E-state index contributed by atoms with van der Waals surface area (Å²) in [7, 11) is -3.87. The molecule has 0 aromatic heterocycles. The zero-order valence-corrected chi connectivity index (χ0v) is 19.5. The monoisotopic (exact) mass is 452 g/mol. The first-order chi connectivity index (χ1) is 15.1. The van der Waals surface area contributed by atoms with E-state index in [4.69, 9.17) is 0 Å². The summed E-state index contributed by atoms with van der Waals surface area (Å²) in [6.45, 7) is 8.63. The van der Waals surface area contributed by atoms with E-state index in [0.717, 1.165) is 16.7 Å². The summed E-state index contributed by atoms with van der Waals surface area (Å²) in [6, 6.07) is 17.9. The molecule has 0 saturated carbocycles. The van der Waals surface area contributed by atoms with Crippen LogP contribution in [0.5, 0.6) is 0 Å². The van der Waals surface area contributed by atoms with Crippen molar-refractivity contribution in [1.29, 1.82) is 0 Å². The number of nitrogens with zero attached hydrogens (tertiary/aromatic N) is 1. The van der Waals surface area contributed by atoms with Gasteiger partial charge >= 0.3 is 5.97 Å². The molecule has 6 nitrogen and oxygen atoms in total. The van der Waals surface area contributed by atoms with Gasteiger partial charge in [0.05, 0.1) is 16.1 Å². The molecule has 2 N–H and O–H groups in total. The SMILES string of the molecule is CCN(Cc1ccccc1)c1ccc(NS(=O)(=O)c2cc(C)c(C)cc2C)cc1C(=O)O. The van der Waals surface area contributed by atoms with Crippen molar-refractivity contribution in [2.45, 2.75) is 39.1 Å². The van der Waals surface area contributed by atoms with Crippen LogP contribution in [0.25, 0.3) is 0 Å². The van der Waals surface area contributed by atoms with Crippen molar-refractivity contribution < 1.29 is 18.3 Å². The predicted octanol–water partition coefficient (Wildman–Crippen LogP) is 5.14. The Bertz CT molecular complexity index is 1240. The number of benzene rings is 3. The minimum Gasteiger partial charge on any atom is -0.478 e. The highest BCUT2D eigenvalue weighted by atomic mass is 32.2. The Labute approximate surface area is 189 Å². The molecule has 0 unspecified atom stereocenters. The van der Waals surface area contributed by atoms with Gasteiger partial charge < -0.3 is 10.0 Å². The summed E-state index contributed by atoms with van der Waals surface area (Å²) < 4.78 is 28.6. The largest absolute Gasteiger partial charge is 0.478 e. The number of aromatic carboxylic acids is 1. The second kappa shape index (κ2) is 9.44. The summed E-state index contributed by atoms with van der Waals surface area (Å²) in [5.41, 5.74) is 4.36. The van der Waals surface area contributed by atoms with Gasteiger partial charge in [0.25, 0.3) is 10.0 Å².